The molecular formula is C64H93N13O14. The highest BCUT2D eigenvalue weighted by Crippen LogP contribution is 2.24. The molecule has 0 radical (unpaired) electrons. The zero-order valence-corrected chi connectivity index (χ0v) is 52.4. The van der Waals surface area contributed by atoms with E-state index >= 15 is 0 Å². The Balaban J connectivity index is 1.60. The molecule has 0 aromatic heterocycles. The number of nitrogens with two attached hydrogens (primary N) is 5. The summed E-state index contributed by atoms with van der Waals surface area (Å²) in [4.78, 5) is 157. The molecule has 3 aromatic rings. The van der Waals surface area contributed by atoms with Gasteiger partial charge in [0.15, 0.2) is 17.5 Å². The van der Waals surface area contributed by atoms with Gasteiger partial charge in [0, 0.05) is 70.9 Å². The lowest BCUT2D eigenvalue weighted by atomic mass is 9.87. The van der Waals surface area contributed by atoms with Crippen LogP contribution in [0.1, 0.15) is 108 Å². The number of nitrogens with zero attached hydrogens (tertiary/aromatic N) is 2. The van der Waals surface area contributed by atoms with Crippen LogP contribution in [0.15, 0.2) is 89.9 Å². The summed E-state index contributed by atoms with van der Waals surface area (Å²) in [6, 6.07) is 16.2. The number of ketones is 2. The number of phenolic OH excluding ortho intramolecular Hbond substituents is 1. The lowest BCUT2D eigenvalue weighted by Crippen LogP contribution is -2.58. The van der Waals surface area contributed by atoms with Crippen LogP contribution in [0.5, 0.6) is 5.75 Å². The molecule has 9 amide bonds. The molecule has 498 valence electrons. The molecule has 0 aliphatic carbocycles. The van der Waals surface area contributed by atoms with Gasteiger partial charge in [0.25, 0.3) is 0 Å². The van der Waals surface area contributed by atoms with Crippen molar-refractivity contribution in [2.75, 3.05) is 53.1 Å². The summed E-state index contributed by atoms with van der Waals surface area (Å²) in [5.74, 6) is -10.6. The van der Waals surface area contributed by atoms with Crippen LogP contribution in [0.2, 0.25) is 0 Å². The van der Waals surface area contributed by atoms with Gasteiger partial charge in [-0.25, -0.2) is 0 Å². The fourth-order valence-corrected chi connectivity index (χ4v) is 10.4. The summed E-state index contributed by atoms with van der Waals surface area (Å²) < 4.78 is 10.5. The number of Topliss-reactive ketones (excluding diaryl/α,β-unsaturated/α-hetero) is 2. The zero-order valence-electron chi connectivity index (χ0n) is 52.4. The number of phenols is 1. The SMILES string of the molecule is COCCOCCCNCCC(=O)N[C@@H](Cc1ccc(O)cc1)C(=O)C[C@@H](Cc1ccccc1)C(=O)N[C@@H](CC(C)C)C(=O)C[C@@H](Cc1ccccc1)C(=O)N[C@@H](CCC(N)=O)C(=O)N1CCC[C@H]1C(=O)N[C@@H](CCCN=C(N)N)C(=O)N[C@@H](CC(N)=O)C(N)=O. The molecular weight excluding hydrogens is 1170 g/mol. The van der Waals surface area contributed by atoms with Crippen LogP contribution >= 0.6 is 0 Å². The standard InChI is InChI=1S/C64H93N13O14/c1-40(2)33-49(75-60(86)45(35-42-15-8-5-9-16-42)38-54(80)50(36-43-19-21-46(78)22-20-43)72-57(83)25-28-70-26-12-30-91-32-31-90-3)53(79)37-44(34-41-13-6-4-7-14-41)59(85)74-48(23-24-55(65)81)63(89)77-29-11-18-52(77)62(88)73-47(17-10-27-71-64(68)69)61(87)76-51(58(67)84)39-56(66)82/h4-9,13-16,19-22,40,44-45,47-52,70,78H,10-12,17-18,23-39H2,1-3H3,(H2,65,81)(H2,66,82)(H2,67,84)(H,72,83)(H,73,88)(H,74,85)(H,75,86)(H,76,87)(H4,68,69,71)/t44-,45-,47+,48+,49+,50+,51+,52+/m1/s1. The smallest absolute Gasteiger partial charge is 0.245 e. The van der Waals surface area contributed by atoms with E-state index in [1.54, 1.807) is 79.9 Å². The number of aliphatic imine (C=N–C) groups is 1. The molecule has 0 bridgehead atoms. The average Bonchev–Trinajstić information content (AvgIpc) is 1.87. The number of amides is 9. The van der Waals surface area contributed by atoms with E-state index in [-0.39, 0.29) is 101 Å². The van der Waals surface area contributed by atoms with Gasteiger partial charge in [-0.05, 0) is 105 Å². The molecule has 1 aliphatic rings. The topological polar surface area (TPSA) is 444 Å². The van der Waals surface area contributed by atoms with Crippen molar-refractivity contribution in [1.82, 2.24) is 36.8 Å². The zero-order chi connectivity index (χ0) is 66.8. The van der Waals surface area contributed by atoms with Crippen LogP contribution in [0.3, 0.4) is 0 Å². The van der Waals surface area contributed by atoms with Crippen LogP contribution in [-0.4, -0.2) is 170 Å². The van der Waals surface area contributed by atoms with E-state index in [1.807, 2.05) is 13.8 Å². The Morgan fingerprint density at radius 2 is 1.18 bits per heavy atom. The van der Waals surface area contributed by atoms with Crippen molar-refractivity contribution in [3.8, 4) is 5.75 Å². The number of methoxy groups -OCH3 is 1. The first-order valence-electron chi connectivity index (χ1n) is 30.9. The number of hydrogen-bond acceptors (Lipinski definition) is 16. The molecule has 1 heterocycles. The third kappa shape index (κ3) is 28.3. The Bertz CT molecular complexity index is 2900. The highest BCUT2D eigenvalue weighted by Gasteiger charge is 2.41. The second-order valence-corrected chi connectivity index (χ2v) is 23.2. The quantitative estimate of drug-likeness (QED) is 0.0197. The van der Waals surface area contributed by atoms with Crippen molar-refractivity contribution in [1.29, 1.82) is 0 Å². The summed E-state index contributed by atoms with van der Waals surface area (Å²) in [6.07, 6.45) is -0.653. The summed E-state index contributed by atoms with van der Waals surface area (Å²) >= 11 is 0. The van der Waals surface area contributed by atoms with Gasteiger partial charge in [0.2, 0.25) is 53.2 Å². The molecule has 8 atom stereocenters. The van der Waals surface area contributed by atoms with E-state index in [9.17, 15) is 57.8 Å². The van der Waals surface area contributed by atoms with Gasteiger partial charge in [-0.2, -0.15) is 0 Å². The van der Waals surface area contributed by atoms with E-state index in [0.29, 0.717) is 56.9 Å². The number of carbonyl (C=O) groups excluding carboxylic acids is 11. The van der Waals surface area contributed by atoms with Crippen LogP contribution in [0.4, 0.5) is 0 Å². The third-order valence-corrected chi connectivity index (χ3v) is 15.2. The number of rotatable bonds is 44. The molecule has 3 aromatic carbocycles. The van der Waals surface area contributed by atoms with E-state index in [2.05, 4.69) is 36.9 Å². The molecule has 0 saturated carbocycles. The van der Waals surface area contributed by atoms with E-state index in [1.165, 1.54) is 17.0 Å². The molecule has 0 unspecified atom stereocenters. The highest BCUT2D eigenvalue weighted by molar-refractivity contribution is 5.99. The fourth-order valence-electron chi connectivity index (χ4n) is 10.4. The minimum absolute atomic E-state index is 0.00796. The Kier molecular flexibility index (Phi) is 32.8. The van der Waals surface area contributed by atoms with Gasteiger partial charge in [-0.15, -0.1) is 0 Å². The molecule has 4 rings (SSSR count). The fraction of sp³-hybridized carbons (Fsp3) is 0.531. The second-order valence-electron chi connectivity index (χ2n) is 23.2. The lowest BCUT2D eigenvalue weighted by Gasteiger charge is -2.31. The molecule has 27 nitrogen and oxygen atoms in total. The summed E-state index contributed by atoms with van der Waals surface area (Å²) in [5.41, 5.74) is 29.2. The molecule has 0 spiro atoms. The van der Waals surface area contributed by atoms with Crippen molar-refractivity contribution in [2.24, 2.45) is 51.4 Å². The van der Waals surface area contributed by atoms with E-state index in [4.69, 9.17) is 38.1 Å². The Hall–Kier alpha value is -8.82. The first-order chi connectivity index (χ1) is 43.4. The number of hydrogen-bond donors (Lipinski definition) is 12. The monoisotopic (exact) mass is 1270 g/mol. The number of benzene rings is 3. The first-order valence-corrected chi connectivity index (χ1v) is 30.9. The van der Waals surface area contributed by atoms with Gasteiger partial charge in [0.1, 0.15) is 29.9 Å². The van der Waals surface area contributed by atoms with Crippen LogP contribution < -0.4 is 60.6 Å². The number of ether oxygens (including phenoxy) is 2. The van der Waals surface area contributed by atoms with Crippen molar-refractivity contribution >= 4 is 70.7 Å². The Morgan fingerprint density at radius 3 is 1.74 bits per heavy atom. The number of carbonyl (C=O) groups is 11. The van der Waals surface area contributed by atoms with Crippen molar-refractivity contribution < 1.29 is 67.3 Å². The van der Waals surface area contributed by atoms with Crippen molar-refractivity contribution in [2.45, 2.75) is 146 Å². The number of likely N-dealkylation sites (tertiary alicyclic amines) is 1. The first kappa shape index (κ1) is 74.6. The number of nitrogens with one attached hydrogen (secondary N) is 6. The van der Waals surface area contributed by atoms with Gasteiger partial charge in [-0.1, -0.05) is 86.6 Å². The molecule has 1 saturated heterocycles. The van der Waals surface area contributed by atoms with Gasteiger partial charge in [0.05, 0.1) is 31.7 Å². The maximum atomic E-state index is 14.9. The van der Waals surface area contributed by atoms with Crippen LogP contribution in [0.25, 0.3) is 0 Å². The molecule has 1 aliphatic heterocycles. The predicted octanol–water partition coefficient (Wildman–Crippen LogP) is -0.255. The average molecular weight is 1270 g/mol. The number of aromatic hydroxyl groups is 1. The van der Waals surface area contributed by atoms with Crippen LogP contribution in [0, 0.1) is 17.8 Å². The number of primary amides is 3. The Morgan fingerprint density at radius 1 is 0.593 bits per heavy atom. The highest BCUT2D eigenvalue weighted by atomic mass is 16.5. The summed E-state index contributed by atoms with van der Waals surface area (Å²) in [6.45, 7) is 6.13. The molecule has 91 heavy (non-hydrogen) atoms. The van der Waals surface area contributed by atoms with Crippen LogP contribution in [-0.2, 0) is 81.5 Å². The summed E-state index contributed by atoms with van der Waals surface area (Å²) in [5, 5.41) is 26.8. The third-order valence-electron chi connectivity index (χ3n) is 15.2. The maximum absolute atomic E-state index is 14.9. The maximum Gasteiger partial charge on any atom is 0.245 e. The number of guanidine groups is 1. The van der Waals surface area contributed by atoms with E-state index < -0.39 is 126 Å². The minimum Gasteiger partial charge on any atom is -0.508 e. The van der Waals surface area contributed by atoms with E-state index in [0.717, 1.165) is 5.56 Å². The molecule has 27 heteroatoms. The van der Waals surface area contributed by atoms with Gasteiger partial charge < -0.3 is 80.0 Å². The van der Waals surface area contributed by atoms with Crippen molar-refractivity contribution in [3.63, 3.8) is 0 Å². The van der Waals surface area contributed by atoms with Gasteiger partial charge in [-0.3, -0.25) is 57.7 Å². The normalized spacial score (nSPS) is 15.1. The second kappa shape index (κ2) is 40.0. The Labute approximate surface area is 531 Å². The summed E-state index contributed by atoms with van der Waals surface area (Å²) in [7, 11) is 1.59. The molecule has 1 fully saturated rings. The van der Waals surface area contributed by atoms with Crippen molar-refractivity contribution in [3.05, 3.63) is 102 Å². The lowest BCUT2D eigenvalue weighted by molar-refractivity contribution is -0.143. The van der Waals surface area contributed by atoms with Gasteiger partial charge >= 0.3 is 0 Å². The molecule has 17 N–H and O–H groups in total. The largest absolute Gasteiger partial charge is 0.508 e. The minimum atomic E-state index is -1.51. The predicted molar refractivity (Wildman–Crippen MR) is 338 cm³/mol.